The normalized spacial score (nSPS) is 20.2. The zero-order valence-corrected chi connectivity index (χ0v) is 18.7. The molecule has 1 amide bonds. The van der Waals surface area contributed by atoms with E-state index in [1.54, 1.807) is 4.90 Å². The number of amides is 1. The fraction of sp³-hybridized carbons (Fsp3) is 0.722. The average molecular weight is 517 g/mol. The predicted molar refractivity (Wildman–Crippen MR) is 107 cm³/mol. The smallest absolute Gasteiger partial charge is 0.381 e. The van der Waals surface area contributed by atoms with Crippen LogP contribution in [0.2, 0.25) is 0 Å². The van der Waals surface area contributed by atoms with E-state index in [1.165, 1.54) is 11.7 Å². The first-order valence-electron chi connectivity index (χ1n) is 10.4. The number of hydrogen-bond donors (Lipinski definition) is 2. The van der Waals surface area contributed by atoms with Crippen LogP contribution < -0.4 is 10.4 Å². The molecule has 0 aromatic carbocycles. The van der Waals surface area contributed by atoms with Gasteiger partial charge in [0.2, 0.25) is 10.0 Å². The van der Waals surface area contributed by atoms with Crippen molar-refractivity contribution in [3.8, 4) is 0 Å². The summed E-state index contributed by atoms with van der Waals surface area (Å²) in [5, 5.41) is 9.11. The molecule has 3 rings (SSSR count). The first-order valence-corrected chi connectivity index (χ1v) is 11.8. The number of carbonyl (C=O) groups excluding carboxylic acids is 1. The molecule has 2 N–H and O–H groups in total. The Morgan fingerprint density at radius 1 is 1.09 bits per heavy atom. The predicted octanol–water partition coefficient (Wildman–Crippen LogP) is 1.11. The molecular weight excluding hydrogens is 493 g/mol. The van der Waals surface area contributed by atoms with Gasteiger partial charge < -0.3 is 9.64 Å². The number of carbonyl (C=O) groups is 1. The molecule has 192 valence electrons. The molecule has 0 saturated carbocycles. The number of nitrogens with one attached hydrogen (secondary N) is 1. The molecule has 16 heteroatoms. The van der Waals surface area contributed by atoms with Crippen molar-refractivity contribution in [2.45, 2.75) is 42.5 Å². The van der Waals surface area contributed by atoms with Crippen LogP contribution in [-0.2, 0) is 26.0 Å². The van der Waals surface area contributed by atoms with E-state index in [4.69, 9.17) is 9.94 Å². The summed E-state index contributed by atoms with van der Waals surface area (Å²) in [5.74, 6) is -5.54. The van der Waals surface area contributed by atoms with Crippen LogP contribution in [0, 0.1) is 0 Å². The van der Waals surface area contributed by atoms with E-state index in [0.29, 0.717) is 5.82 Å². The van der Waals surface area contributed by atoms with Crippen LogP contribution in [0.3, 0.4) is 0 Å². The van der Waals surface area contributed by atoms with Crippen molar-refractivity contribution in [2.75, 3.05) is 44.3 Å². The van der Waals surface area contributed by atoms with Crippen LogP contribution in [0.1, 0.15) is 25.0 Å². The lowest BCUT2D eigenvalue weighted by molar-refractivity contribution is -0.284. The Morgan fingerprint density at radius 3 is 2.21 bits per heavy atom. The molecule has 0 spiro atoms. The molecule has 2 saturated heterocycles. The maximum atomic E-state index is 13.3. The van der Waals surface area contributed by atoms with Gasteiger partial charge in [-0.05, 0) is 6.42 Å². The summed E-state index contributed by atoms with van der Waals surface area (Å²) in [6.45, 7) is 0.447. The van der Waals surface area contributed by atoms with Gasteiger partial charge in [0, 0.05) is 58.7 Å². The molecule has 2 aliphatic heterocycles. The van der Waals surface area contributed by atoms with E-state index in [2.05, 4.69) is 9.97 Å². The second-order valence-electron chi connectivity index (χ2n) is 8.01. The van der Waals surface area contributed by atoms with E-state index >= 15 is 0 Å². The molecule has 1 aromatic rings. The van der Waals surface area contributed by atoms with E-state index in [0.717, 1.165) is 10.5 Å². The Kier molecular flexibility index (Phi) is 7.64. The molecule has 10 nitrogen and oxygen atoms in total. The Hall–Kier alpha value is -2.17. The largest absolute Gasteiger partial charge is 0.453 e. The van der Waals surface area contributed by atoms with E-state index in [9.17, 15) is 35.2 Å². The third-order valence-electron chi connectivity index (χ3n) is 6.01. The first-order chi connectivity index (χ1) is 15.8. The van der Waals surface area contributed by atoms with Gasteiger partial charge >= 0.3 is 12.1 Å². The number of piperazine rings is 1. The number of anilines is 1. The van der Waals surface area contributed by atoms with Crippen molar-refractivity contribution in [1.29, 1.82) is 0 Å². The van der Waals surface area contributed by atoms with Gasteiger partial charge in [-0.15, -0.1) is 0 Å². The molecular formula is C18H24F5N5O5S. The Labute approximate surface area is 192 Å². The molecule has 1 aromatic heterocycles. The minimum absolute atomic E-state index is 0.00485. The number of ether oxygens (including phenoxy) is 1. The van der Waals surface area contributed by atoms with E-state index < -0.39 is 45.6 Å². The number of hydroxylamine groups is 1. The van der Waals surface area contributed by atoms with Gasteiger partial charge in [0.15, 0.2) is 4.75 Å². The minimum Gasteiger partial charge on any atom is -0.381 e. The SMILES string of the molecule is O=C(NO)C1(S(=O)(=O)N2CCN(c3cnc(CCC(F)(F)C(F)(F)F)cn3)CC2)CCOCC1. The number of aromatic nitrogens is 2. The summed E-state index contributed by atoms with van der Waals surface area (Å²) in [4.78, 5) is 21.9. The number of hydrogen-bond acceptors (Lipinski definition) is 8. The number of aryl methyl sites for hydroxylation is 1. The van der Waals surface area contributed by atoms with E-state index in [-0.39, 0.29) is 57.9 Å². The lowest BCUT2D eigenvalue weighted by atomic mass is 9.98. The van der Waals surface area contributed by atoms with Crippen LogP contribution in [0.4, 0.5) is 27.8 Å². The Bertz CT molecular complexity index is 962. The van der Waals surface area contributed by atoms with Gasteiger partial charge in [-0.1, -0.05) is 0 Å². The number of rotatable bonds is 7. The summed E-state index contributed by atoms with van der Waals surface area (Å²) in [6, 6.07) is 0. The highest BCUT2D eigenvalue weighted by Crippen LogP contribution is 2.38. The topological polar surface area (TPSA) is 125 Å². The molecule has 34 heavy (non-hydrogen) atoms. The third-order valence-corrected chi connectivity index (χ3v) is 8.64. The maximum Gasteiger partial charge on any atom is 0.453 e. The summed E-state index contributed by atoms with van der Waals surface area (Å²) in [7, 11) is -4.15. The van der Waals surface area contributed by atoms with Gasteiger partial charge in [-0.3, -0.25) is 15.0 Å². The third kappa shape index (κ3) is 5.08. The highest BCUT2D eigenvalue weighted by Gasteiger charge is 2.57. The molecule has 0 bridgehead atoms. The molecule has 0 atom stereocenters. The van der Waals surface area contributed by atoms with Crippen molar-refractivity contribution in [3.63, 3.8) is 0 Å². The number of alkyl halides is 5. The Balaban J connectivity index is 1.63. The number of halogens is 5. The van der Waals surface area contributed by atoms with Crippen molar-refractivity contribution in [1.82, 2.24) is 19.8 Å². The summed E-state index contributed by atoms with van der Waals surface area (Å²) < 4.78 is 94.1. The molecule has 0 unspecified atom stereocenters. The van der Waals surface area contributed by atoms with Gasteiger partial charge in [-0.25, -0.2) is 18.9 Å². The van der Waals surface area contributed by atoms with Crippen LogP contribution >= 0.6 is 0 Å². The minimum atomic E-state index is -5.64. The fourth-order valence-electron chi connectivity index (χ4n) is 3.88. The summed E-state index contributed by atoms with van der Waals surface area (Å²) in [6.07, 6.45) is -5.59. The molecule has 3 heterocycles. The number of sulfonamides is 1. The van der Waals surface area contributed by atoms with Crippen molar-refractivity contribution in [3.05, 3.63) is 18.1 Å². The van der Waals surface area contributed by atoms with Crippen LogP contribution in [0.15, 0.2) is 12.4 Å². The molecule has 0 radical (unpaired) electrons. The van der Waals surface area contributed by atoms with Crippen LogP contribution in [0.5, 0.6) is 0 Å². The second-order valence-corrected chi connectivity index (χ2v) is 10.3. The summed E-state index contributed by atoms with van der Waals surface area (Å²) >= 11 is 0. The van der Waals surface area contributed by atoms with Crippen molar-refractivity contribution < 1.29 is 45.1 Å². The highest BCUT2D eigenvalue weighted by atomic mass is 32.2. The zero-order chi connectivity index (χ0) is 25.2. The highest BCUT2D eigenvalue weighted by molar-refractivity contribution is 7.91. The fourth-order valence-corrected chi connectivity index (χ4v) is 5.98. The zero-order valence-electron chi connectivity index (χ0n) is 17.9. The molecule has 0 aliphatic carbocycles. The van der Waals surface area contributed by atoms with Crippen LogP contribution in [0.25, 0.3) is 0 Å². The van der Waals surface area contributed by atoms with Gasteiger partial charge in [0.1, 0.15) is 5.82 Å². The van der Waals surface area contributed by atoms with Crippen molar-refractivity contribution in [2.24, 2.45) is 0 Å². The van der Waals surface area contributed by atoms with Crippen molar-refractivity contribution >= 4 is 21.7 Å². The second kappa shape index (κ2) is 9.83. The number of nitrogens with zero attached hydrogens (tertiary/aromatic N) is 4. The van der Waals surface area contributed by atoms with Gasteiger partial charge in [0.05, 0.1) is 18.1 Å². The average Bonchev–Trinajstić information content (AvgIpc) is 2.82. The standard InChI is InChI=1S/C18H24F5N5O5S/c19-17(20,18(21,22)23)2-1-13-11-25-14(12-24-13)27-5-7-28(8-6-27)34(31,32)16(15(29)26-30)3-9-33-10-4-16/h11-12,30H,1-10H2,(H,26,29). The monoisotopic (exact) mass is 517 g/mol. The summed E-state index contributed by atoms with van der Waals surface area (Å²) in [5.41, 5.74) is 1.41. The quantitative estimate of drug-likeness (QED) is 0.313. The van der Waals surface area contributed by atoms with E-state index in [1.807, 2.05) is 0 Å². The Morgan fingerprint density at radius 2 is 1.71 bits per heavy atom. The van der Waals surface area contributed by atoms with Gasteiger partial charge in [-0.2, -0.15) is 26.3 Å². The maximum absolute atomic E-state index is 13.3. The lowest BCUT2D eigenvalue weighted by Gasteiger charge is -2.41. The van der Waals surface area contributed by atoms with Crippen LogP contribution in [-0.4, -0.2) is 90.0 Å². The lowest BCUT2D eigenvalue weighted by Crippen LogP contribution is -2.62. The molecule has 2 aliphatic rings. The van der Waals surface area contributed by atoms with Gasteiger partial charge in [0.25, 0.3) is 5.91 Å². The molecule has 2 fully saturated rings. The first kappa shape index (κ1) is 26.4.